The number of thiophene rings is 1. The van der Waals surface area contributed by atoms with Crippen molar-refractivity contribution in [2.75, 3.05) is 36.8 Å². The van der Waals surface area contributed by atoms with Crippen LogP contribution in [0.5, 0.6) is 0 Å². The number of nitrogens with one attached hydrogen (secondary N) is 4. The number of aromatic nitrogens is 2. The van der Waals surface area contributed by atoms with Crippen LogP contribution in [-0.2, 0) is 9.59 Å². The lowest BCUT2D eigenvalue weighted by Gasteiger charge is -2.12. The number of hydrogen-bond donors (Lipinski definition) is 4. The van der Waals surface area contributed by atoms with E-state index < -0.39 is 0 Å². The summed E-state index contributed by atoms with van der Waals surface area (Å²) in [4.78, 5) is 33.2. The summed E-state index contributed by atoms with van der Waals surface area (Å²) in [6.45, 7) is 3.38. The minimum Gasteiger partial charge on any atom is -0.368 e. The largest absolute Gasteiger partial charge is 0.368 e. The van der Waals surface area contributed by atoms with Crippen LogP contribution in [0.25, 0.3) is 17.5 Å². The van der Waals surface area contributed by atoms with E-state index in [9.17, 15) is 9.59 Å². The molecule has 10 heteroatoms. The second-order valence-corrected chi connectivity index (χ2v) is 8.36. The van der Waals surface area contributed by atoms with Gasteiger partial charge in [0.1, 0.15) is 11.6 Å². The number of nitrogens with zero attached hydrogens (tertiary/aromatic N) is 2. The van der Waals surface area contributed by atoms with E-state index >= 15 is 0 Å². The summed E-state index contributed by atoms with van der Waals surface area (Å²) in [5.74, 6) is 1.51. The van der Waals surface area contributed by atoms with Gasteiger partial charge in [0.2, 0.25) is 11.8 Å². The van der Waals surface area contributed by atoms with Crippen LogP contribution in [0.3, 0.4) is 0 Å². The predicted octanol–water partition coefficient (Wildman–Crippen LogP) is 3.65. The minimum absolute atomic E-state index is 0.0871. The Morgan fingerprint density at radius 1 is 0.970 bits per heavy atom. The Morgan fingerprint density at radius 2 is 1.64 bits per heavy atom. The number of anilines is 2. The molecule has 0 radical (unpaired) electrons. The normalized spacial score (nSPS) is 10.7. The lowest BCUT2D eigenvalue weighted by atomic mass is 10.2. The first-order valence-corrected chi connectivity index (χ1v) is 11.6. The molecule has 33 heavy (non-hydrogen) atoms. The van der Waals surface area contributed by atoms with Crippen LogP contribution in [0.15, 0.2) is 53.9 Å². The van der Waals surface area contributed by atoms with E-state index in [1.54, 1.807) is 35.6 Å². The van der Waals surface area contributed by atoms with Crippen LogP contribution in [0.1, 0.15) is 11.8 Å². The smallest absolute Gasteiger partial charge is 0.244 e. The van der Waals surface area contributed by atoms with Gasteiger partial charge in [0.05, 0.1) is 0 Å². The molecule has 0 fully saturated rings. The molecular weight excluding hydrogens is 460 g/mol. The zero-order valence-corrected chi connectivity index (χ0v) is 19.7. The number of amides is 2. The van der Waals surface area contributed by atoms with Crippen LogP contribution in [0.4, 0.5) is 11.6 Å². The molecule has 0 atom stereocenters. The lowest BCUT2D eigenvalue weighted by molar-refractivity contribution is -0.119. The molecule has 0 aliphatic carbocycles. The first-order valence-electron chi connectivity index (χ1n) is 10.4. The molecule has 3 rings (SSSR count). The number of carbonyl (C=O) groups is 2. The van der Waals surface area contributed by atoms with Crippen molar-refractivity contribution in [1.29, 1.82) is 0 Å². The summed E-state index contributed by atoms with van der Waals surface area (Å²) in [6.07, 6.45) is 3.31. The Bertz CT molecular complexity index is 1090. The van der Waals surface area contributed by atoms with Crippen molar-refractivity contribution in [2.45, 2.75) is 6.92 Å². The molecule has 3 aromatic rings. The molecule has 0 saturated carbocycles. The van der Waals surface area contributed by atoms with Gasteiger partial charge in [0, 0.05) is 60.7 Å². The molecule has 1 aromatic carbocycles. The van der Waals surface area contributed by atoms with Crippen molar-refractivity contribution >= 4 is 52.5 Å². The summed E-state index contributed by atoms with van der Waals surface area (Å²) in [5, 5.41) is 14.6. The predicted molar refractivity (Wildman–Crippen MR) is 135 cm³/mol. The summed E-state index contributed by atoms with van der Waals surface area (Å²) in [7, 11) is 0. The fourth-order valence-electron chi connectivity index (χ4n) is 2.76. The summed E-state index contributed by atoms with van der Waals surface area (Å²) >= 11 is 7.57. The highest BCUT2D eigenvalue weighted by molar-refractivity contribution is 7.10. The third-order valence-corrected chi connectivity index (χ3v) is 5.40. The Labute approximate surface area is 201 Å². The highest BCUT2D eigenvalue weighted by atomic mass is 35.5. The number of rotatable bonds is 11. The van der Waals surface area contributed by atoms with E-state index in [0.29, 0.717) is 48.7 Å². The number of benzene rings is 1. The Balaban J connectivity index is 1.59. The van der Waals surface area contributed by atoms with E-state index in [0.717, 1.165) is 10.4 Å². The van der Waals surface area contributed by atoms with E-state index in [-0.39, 0.29) is 11.8 Å². The molecule has 0 unspecified atom stereocenters. The van der Waals surface area contributed by atoms with Gasteiger partial charge in [-0.2, -0.15) is 0 Å². The Morgan fingerprint density at radius 3 is 2.24 bits per heavy atom. The van der Waals surface area contributed by atoms with E-state index in [1.165, 1.54) is 13.0 Å². The maximum Gasteiger partial charge on any atom is 0.244 e. The molecule has 8 nitrogen and oxygen atoms in total. The second kappa shape index (κ2) is 12.6. The van der Waals surface area contributed by atoms with Crippen molar-refractivity contribution < 1.29 is 9.59 Å². The molecule has 4 N–H and O–H groups in total. The standard InChI is InChI=1S/C23H25ClN6O2S/c1-16(31)25-10-11-26-20-15-21(30-23(29-20)17-4-6-18(24)7-5-17)27-12-13-28-22(32)9-8-19-3-2-14-33-19/h2-9,14-15H,10-13H2,1H3,(H,25,31)(H,28,32)(H2,26,27,29,30). The zero-order chi connectivity index (χ0) is 23.5. The van der Waals surface area contributed by atoms with Gasteiger partial charge in [-0.15, -0.1) is 11.3 Å². The summed E-state index contributed by atoms with van der Waals surface area (Å²) in [6, 6.07) is 12.9. The van der Waals surface area contributed by atoms with E-state index in [4.69, 9.17) is 11.6 Å². The highest BCUT2D eigenvalue weighted by Gasteiger charge is 2.08. The van der Waals surface area contributed by atoms with Crippen LogP contribution in [-0.4, -0.2) is 48.0 Å². The molecule has 0 aliphatic rings. The lowest BCUT2D eigenvalue weighted by Crippen LogP contribution is -2.27. The SMILES string of the molecule is CC(=O)NCCNc1cc(NCCNC(=O)C=Cc2cccs2)nc(-c2ccc(Cl)cc2)n1. The summed E-state index contributed by atoms with van der Waals surface area (Å²) in [5.41, 5.74) is 0.819. The molecule has 0 bridgehead atoms. The Kier molecular flexibility index (Phi) is 9.22. The first kappa shape index (κ1) is 24.2. The molecule has 2 amide bonds. The van der Waals surface area contributed by atoms with Gasteiger partial charge < -0.3 is 21.3 Å². The number of carbonyl (C=O) groups excluding carboxylic acids is 2. The van der Waals surface area contributed by atoms with E-state index in [2.05, 4.69) is 31.2 Å². The van der Waals surface area contributed by atoms with Crippen molar-refractivity contribution in [3.8, 4) is 11.4 Å². The average Bonchev–Trinajstić information content (AvgIpc) is 3.32. The fourth-order valence-corrected chi connectivity index (χ4v) is 3.51. The van der Waals surface area contributed by atoms with Crippen molar-refractivity contribution in [3.05, 3.63) is 63.8 Å². The molecular formula is C23H25ClN6O2S. The molecule has 0 saturated heterocycles. The molecule has 2 heterocycles. The maximum atomic E-state index is 12.0. The molecule has 0 aliphatic heterocycles. The minimum atomic E-state index is -0.157. The highest BCUT2D eigenvalue weighted by Crippen LogP contribution is 2.22. The van der Waals surface area contributed by atoms with Crippen LogP contribution in [0.2, 0.25) is 5.02 Å². The van der Waals surface area contributed by atoms with Gasteiger partial charge in [-0.25, -0.2) is 9.97 Å². The van der Waals surface area contributed by atoms with Gasteiger partial charge in [0.25, 0.3) is 0 Å². The van der Waals surface area contributed by atoms with Crippen molar-refractivity contribution in [1.82, 2.24) is 20.6 Å². The van der Waals surface area contributed by atoms with Gasteiger partial charge >= 0.3 is 0 Å². The third-order valence-electron chi connectivity index (χ3n) is 4.31. The summed E-state index contributed by atoms with van der Waals surface area (Å²) < 4.78 is 0. The van der Waals surface area contributed by atoms with Crippen LogP contribution < -0.4 is 21.3 Å². The van der Waals surface area contributed by atoms with E-state index in [1.807, 2.05) is 29.6 Å². The molecule has 172 valence electrons. The third kappa shape index (κ3) is 8.55. The van der Waals surface area contributed by atoms with Crippen molar-refractivity contribution in [2.24, 2.45) is 0 Å². The van der Waals surface area contributed by atoms with Crippen LogP contribution in [0, 0.1) is 0 Å². The zero-order valence-electron chi connectivity index (χ0n) is 18.1. The van der Waals surface area contributed by atoms with Gasteiger partial charge in [-0.05, 0) is 41.8 Å². The Hall–Kier alpha value is -3.43. The average molecular weight is 485 g/mol. The molecule has 2 aromatic heterocycles. The first-order chi connectivity index (χ1) is 16.0. The van der Waals surface area contributed by atoms with Crippen LogP contribution >= 0.6 is 22.9 Å². The molecule has 0 spiro atoms. The van der Waals surface area contributed by atoms with Gasteiger partial charge in [-0.1, -0.05) is 17.7 Å². The van der Waals surface area contributed by atoms with Gasteiger partial charge in [0.15, 0.2) is 5.82 Å². The van der Waals surface area contributed by atoms with Gasteiger partial charge in [-0.3, -0.25) is 9.59 Å². The topological polar surface area (TPSA) is 108 Å². The second-order valence-electron chi connectivity index (χ2n) is 6.95. The van der Waals surface area contributed by atoms with Crippen molar-refractivity contribution in [3.63, 3.8) is 0 Å². The number of halogens is 1. The monoisotopic (exact) mass is 484 g/mol. The fraction of sp³-hybridized carbons (Fsp3) is 0.217. The quantitative estimate of drug-likeness (QED) is 0.244. The number of hydrogen-bond acceptors (Lipinski definition) is 7. The maximum absolute atomic E-state index is 12.0.